The molecule has 3 unspecified atom stereocenters. The van der Waals surface area contributed by atoms with Gasteiger partial charge in [-0.1, -0.05) is 29.3 Å². The zero-order valence-corrected chi connectivity index (χ0v) is 13.3. The highest BCUT2D eigenvalue weighted by Gasteiger charge is 2.46. The van der Waals surface area contributed by atoms with Gasteiger partial charge in [0, 0.05) is 22.7 Å². The fourth-order valence-corrected chi connectivity index (χ4v) is 4.85. The normalized spacial score (nSPS) is 29.6. The van der Waals surface area contributed by atoms with Crippen molar-refractivity contribution in [1.82, 2.24) is 4.90 Å². The summed E-state index contributed by atoms with van der Waals surface area (Å²) in [6.07, 6.45) is 2.10. The van der Waals surface area contributed by atoms with Crippen LogP contribution in [-0.4, -0.2) is 35.8 Å². The molecular formula is C14H15Cl2NO2S. The first kappa shape index (κ1) is 14.5. The molecule has 0 aromatic heterocycles. The Kier molecular flexibility index (Phi) is 4.18. The number of amides is 1. The second kappa shape index (κ2) is 5.76. The van der Waals surface area contributed by atoms with Gasteiger partial charge < -0.3 is 9.64 Å². The number of ether oxygens (including phenoxy) is 1. The fourth-order valence-electron chi connectivity index (χ4n) is 2.81. The van der Waals surface area contributed by atoms with Gasteiger partial charge in [0.2, 0.25) is 5.91 Å². The summed E-state index contributed by atoms with van der Waals surface area (Å²) in [6.45, 7) is 0. The first-order valence-corrected chi connectivity index (χ1v) is 8.33. The molecule has 1 heterocycles. The minimum atomic E-state index is -0.105. The second-order valence-corrected chi connectivity index (χ2v) is 6.90. The number of nitrogens with zero attached hydrogens (tertiary/aromatic N) is 1. The first-order chi connectivity index (χ1) is 9.63. The summed E-state index contributed by atoms with van der Waals surface area (Å²) in [5, 5.41) is 1.12. The molecule has 20 heavy (non-hydrogen) atoms. The molecule has 108 valence electrons. The molecule has 1 amide bonds. The van der Waals surface area contributed by atoms with Crippen molar-refractivity contribution in [2.75, 3.05) is 12.9 Å². The average molecular weight is 332 g/mol. The molecule has 1 aromatic carbocycles. The lowest BCUT2D eigenvalue weighted by atomic mass is 9.87. The van der Waals surface area contributed by atoms with E-state index >= 15 is 0 Å². The number of rotatable bonds is 3. The van der Waals surface area contributed by atoms with E-state index < -0.39 is 0 Å². The summed E-state index contributed by atoms with van der Waals surface area (Å²) in [7, 11) is 1.70. The van der Waals surface area contributed by atoms with Gasteiger partial charge in [-0.05, 0) is 25.0 Å². The number of carbonyl (C=O) groups excluding carboxylic acids is 1. The third-order valence-corrected chi connectivity index (χ3v) is 5.84. The molecule has 3 rings (SSSR count). The molecule has 0 spiro atoms. The molecule has 2 fully saturated rings. The van der Waals surface area contributed by atoms with Crippen molar-refractivity contribution in [1.29, 1.82) is 0 Å². The van der Waals surface area contributed by atoms with E-state index in [9.17, 15) is 4.79 Å². The number of methoxy groups -OCH3 is 1. The maximum absolute atomic E-state index is 12.2. The van der Waals surface area contributed by atoms with Crippen molar-refractivity contribution in [3.05, 3.63) is 33.8 Å². The van der Waals surface area contributed by atoms with Crippen molar-refractivity contribution in [3.63, 3.8) is 0 Å². The fraction of sp³-hybridized carbons (Fsp3) is 0.500. The molecule has 1 aliphatic carbocycles. The van der Waals surface area contributed by atoms with Crippen molar-refractivity contribution < 1.29 is 9.53 Å². The average Bonchev–Trinajstić information content (AvgIpc) is 2.72. The molecule has 3 atom stereocenters. The van der Waals surface area contributed by atoms with Crippen LogP contribution in [0.2, 0.25) is 10.0 Å². The second-order valence-electron chi connectivity index (χ2n) is 5.02. The predicted octanol–water partition coefficient (Wildman–Crippen LogP) is 3.74. The Balaban J connectivity index is 1.94. The maximum atomic E-state index is 12.2. The van der Waals surface area contributed by atoms with Crippen LogP contribution >= 0.6 is 35.0 Å². The van der Waals surface area contributed by atoms with Gasteiger partial charge in [-0.15, -0.1) is 11.8 Å². The molecule has 6 heteroatoms. The molecule has 2 aliphatic rings. The van der Waals surface area contributed by atoms with Crippen LogP contribution in [0.1, 0.15) is 23.8 Å². The van der Waals surface area contributed by atoms with Crippen LogP contribution in [0.15, 0.2) is 18.2 Å². The van der Waals surface area contributed by atoms with E-state index in [1.807, 2.05) is 23.1 Å². The summed E-state index contributed by atoms with van der Waals surface area (Å²) in [6, 6.07) is 5.60. The van der Waals surface area contributed by atoms with Gasteiger partial charge in [-0.25, -0.2) is 0 Å². The number of benzene rings is 1. The van der Waals surface area contributed by atoms with Crippen LogP contribution in [-0.2, 0) is 9.53 Å². The molecule has 0 radical (unpaired) electrons. The SMILES string of the molecule is COC1CCC1N1C(=O)CSC1c1c(Cl)cccc1Cl. The van der Waals surface area contributed by atoms with E-state index in [0.29, 0.717) is 15.8 Å². The number of halogens is 2. The first-order valence-electron chi connectivity index (χ1n) is 6.53. The van der Waals surface area contributed by atoms with Gasteiger partial charge in [-0.3, -0.25) is 4.79 Å². The Morgan fingerprint density at radius 1 is 1.30 bits per heavy atom. The van der Waals surface area contributed by atoms with E-state index in [-0.39, 0.29) is 23.4 Å². The van der Waals surface area contributed by atoms with Crippen LogP contribution in [0.4, 0.5) is 0 Å². The number of thioether (sulfide) groups is 1. The molecule has 1 saturated carbocycles. The molecule has 0 N–H and O–H groups in total. The van der Waals surface area contributed by atoms with Gasteiger partial charge in [0.05, 0.1) is 17.9 Å². The number of hydrogen-bond acceptors (Lipinski definition) is 3. The van der Waals surface area contributed by atoms with Gasteiger partial charge in [0.1, 0.15) is 5.37 Å². The van der Waals surface area contributed by atoms with Crippen molar-refractivity contribution in [3.8, 4) is 0 Å². The summed E-state index contributed by atoms with van der Waals surface area (Å²) in [5.74, 6) is 0.613. The largest absolute Gasteiger partial charge is 0.379 e. The summed E-state index contributed by atoms with van der Waals surface area (Å²) >= 11 is 14.2. The van der Waals surface area contributed by atoms with Gasteiger partial charge in [0.25, 0.3) is 0 Å². The van der Waals surface area contributed by atoms with Crippen molar-refractivity contribution >= 4 is 40.9 Å². The quantitative estimate of drug-likeness (QED) is 0.844. The Hall–Kier alpha value is -0.420. The Morgan fingerprint density at radius 2 is 2.00 bits per heavy atom. The standard InChI is InChI=1S/C14H15Cl2NO2S/c1-19-11-6-5-10(11)17-12(18)7-20-14(17)13-8(15)3-2-4-9(13)16/h2-4,10-11,14H,5-7H2,1H3. The predicted molar refractivity (Wildman–Crippen MR) is 82.3 cm³/mol. The van der Waals surface area contributed by atoms with Crippen LogP contribution < -0.4 is 0 Å². The molecule has 1 aromatic rings. The lowest BCUT2D eigenvalue weighted by Crippen LogP contribution is -2.52. The van der Waals surface area contributed by atoms with Gasteiger partial charge in [-0.2, -0.15) is 0 Å². The highest BCUT2D eigenvalue weighted by molar-refractivity contribution is 8.00. The maximum Gasteiger partial charge on any atom is 0.234 e. The Morgan fingerprint density at radius 3 is 2.55 bits per heavy atom. The third kappa shape index (κ3) is 2.33. The van der Waals surface area contributed by atoms with E-state index in [2.05, 4.69) is 0 Å². The Labute approximate surface area is 132 Å². The topological polar surface area (TPSA) is 29.5 Å². The summed E-state index contributed by atoms with van der Waals surface area (Å²) < 4.78 is 5.44. The minimum absolute atomic E-state index is 0.105. The summed E-state index contributed by atoms with van der Waals surface area (Å²) in [4.78, 5) is 14.2. The zero-order chi connectivity index (χ0) is 14.3. The Bertz CT molecular complexity index is 518. The van der Waals surface area contributed by atoms with Crippen LogP contribution in [0.25, 0.3) is 0 Å². The minimum Gasteiger partial charge on any atom is -0.379 e. The van der Waals surface area contributed by atoms with Crippen molar-refractivity contribution in [2.24, 2.45) is 0 Å². The summed E-state index contributed by atoms with van der Waals surface area (Å²) in [5.41, 5.74) is 0.841. The van der Waals surface area contributed by atoms with E-state index in [4.69, 9.17) is 27.9 Å². The number of carbonyl (C=O) groups is 1. The van der Waals surface area contributed by atoms with E-state index in [1.54, 1.807) is 18.9 Å². The van der Waals surface area contributed by atoms with E-state index in [1.165, 1.54) is 0 Å². The third-order valence-electron chi connectivity index (χ3n) is 3.99. The van der Waals surface area contributed by atoms with Gasteiger partial charge >= 0.3 is 0 Å². The lowest BCUT2D eigenvalue weighted by Gasteiger charge is -2.44. The highest BCUT2D eigenvalue weighted by atomic mass is 35.5. The number of hydrogen-bond donors (Lipinski definition) is 0. The van der Waals surface area contributed by atoms with Gasteiger partial charge in [0.15, 0.2) is 0 Å². The highest BCUT2D eigenvalue weighted by Crippen LogP contribution is 2.48. The lowest BCUT2D eigenvalue weighted by molar-refractivity contribution is -0.139. The van der Waals surface area contributed by atoms with Crippen LogP contribution in [0.3, 0.4) is 0 Å². The van der Waals surface area contributed by atoms with Crippen LogP contribution in [0, 0.1) is 0 Å². The molecule has 1 saturated heterocycles. The zero-order valence-electron chi connectivity index (χ0n) is 11.0. The smallest absolute Gasteiger partial charge is 0.234 e. The molecule has 1 aliphatic heterocycles. The molecule has 0 bridgehead atoms. The molecular weight excluding hydrogens is 317 g/mol. The molecule has 3 nitrogen and oxygen atoms in total. The van der Waals surface area contributed by atoms with E-state index in [0.717, 1.165) is 18.4 Å². The monoisotopic (exact) mass is 331 g/mol. The van der Waals surface area contributed by atoms with Crippen LogP contribution in [0.5, 0.6) is 0 Å². The van der Waals surface area contributed by atoms with Crippen molar-refractivity contribution in [2.45, 2.75) is 30.4 Å².